The fourth-order valence-corrected chi connectivity index (χ4v) is 3.64. The third-order valence-corrected chi connectivity index (χ3v) is 5.68. The van der Waals surface area contributed by atoms with E-state index >= 15 is 0 Å². The molecule has 0 aliphatic rings. The van der Waals surface area contributed by atoms with E-state index in [1.54, 1.807) is 35.4 Å². The van der Waals surface area contributed by atoms with E-state index in [0.29, 0.717) is 30.8 Å². The number of nitro groups is 1. The number of benzene rings is 2. The molecule has 1 aromatic heterocycles. The van der Waals surface area contributed by atoms with Gasteiger partial charge in [0.05, 0.1) is 17.7 Å². The summed E-state index contributed by atoms with van der Waals surface area (Å²) in [6, 6.07) is 19.4. The lowest BCUT2D eigenvalue weighted by atomic mass is 10.1. The number of hydrogen-bond acceptors (Lipinski definition) is 5. The Morgan fingerprint density at radius 1 is 1.00 bits per heavy atom. The fourth-order valence-electron chi connectivity index (χ4n) is 3.64. The second kappa shape index (κ2) is 12.0. The third kappa shape index (κ3) is 7.66. The van der Waals surface area contributed by atoms with Crippen LogP contribution in [0.25, 0.3) is 6.08 Å². The third-order valence-electron chi connectivity index (χ3n) is 5.68. The first-order valence-corrected chi connectivity index (χ1v) is 11.7. The highest BCUT2D eigenvalue weighted by Crippen LogP contribution is 2.18. The quantitative estimate of drug-likeness (QED) is 0.224. The minimum absolute atomic E-state index is 0.0208. The molecule has 3 aromatic rings. The molecule has 0 fully saturated rings. The van der Waals surface area contributed by atoms with Crippen molar-refractivity contribution in [2.45, 2.75) is 39.3 Å². The predicted molar refractivity (Wildman–Crippen MR) is 138 cm³/mol. The number of nitrogens with zero attached hydrogens (tertiary/aromatic N) is 3. The van der Waals surface area contributed by atoms with Crippen LogP contribution < -0.4 is 0 Å². The van der Waals surface area contributed by atoms with Crippen LogP contribution in [0.2, 0.25) is 0 Å². The van der Waals surface area contributed by atoms with Gasteiger partial charge in [0.1, 0.15) is 12.3 Å². The molecule has 0 spiro atoms. The monoisotopic (exact) mass is 489 g/mol. The summed E-state index contributed by atoms with van der Waals surface area (Å²) in [5.41, 5.74) is 1.14. The smallest absolute Gasteiger partial charge is 0.269 e. The summed E-state index contributed by atoms with van der Waals surface area (Å²) in [6.45, 7) is 6.32. The Morgan fingerprint density at radius 3 is 2.28 bits per heavy atom. The average Bonchev–Trinajstić information content (AvgIpc) is 3.37. The van der Waals surface area contributed by atoms with Crippen LogP contribution in [0.1, 0.15) is 37.7 Å². The van der Waals surface area contributed by atoms with Gasteiger partial charge in [-0.3, -0.25) is 19.7 Å². The van der Waals surface area contributed by atoms with Gasteiger partial charge in [-0.05, 0) is 68.7 Å². The Bertz CT molecular complexity index is 1180. The lowest BCUT2D eigenvalue weighted by Gasteiger charge is -2.36. The first kappa shape index (κ1) is 26.4. The molecule has 8 nitrogen and oxygen atoms in total. The molecule has 0 saturated heterocycles. The molecule has 36 heavy (non-hydrogen) atoms. The largest absolute Gasteiger partial charge is 0.467 e. The number of non-ortho nitro benzene ring substituents is 1. The van der Waals surface area contributed by atoms with Gasteiger partial charge in [-0.25, -0.2) is 0 Å². The Morgan fingerprint density at radius 2 is 1.69 bits per heavy atom. The summed E-state index contributed by atoms with van der Waals surface area (Å²) < 4.78 is 5.47. The maximum absolute atomic E-state index is 13.4. The highest BCUT2D eigenvalue weighted by Gasteiger charge is 2.29. The van der Waals surface area contributed by atoms with Crippen molar-refractivity contribution in [1.29, 1.82) is 0 Å². The van der Waals surface area contributed by atoms with Crippen LogP contribution in [0.3, 0.4) is 0 Å². The van der Waals surface area contributed by atoms with Crippen molar-refractivity contribution in [1.82, 2.24) is 9.80 Å². The molecule has 1 heterocycles. The highest BCUT2D eigenvalue weighted by molar-refractivity contribution is 5.95. The molecule has 0 unspecified atom stereocenters. The van der Waals surface area contributed by atoms with Gasteiger partial charge in [-0.15, -0.1) is 0 Å². The Balaban J connectivity index is 1.73. The SMILES string of the molecule is CC(C)(C)N(CC(=O)N(CCc1ccccc1)Cc1ccco1)C(=O)/C=C/c1ccc([N+](=O)[O-])cc1. The van der Waals surface area contributed by atoms with Crippen LogP contribution in [0, 0.1) is 10.1 Å². The number of furan rings is 1. The number of amides is 2. The van der Waals surface area contributed by atoms with Gasteiger partial charge in [0.15, 0.2) is 0 Å². The summed E-state index contributed by atoms with van der Waals surface area (Å²) in [7, 11) is 0. The van der Waals surface area contributed by atoms with Crippen molar-refractivity contribution >= 4 is 23.6 Å². The molecular formula is C28H31N3O5. The highest BCUT2D eigenvalue weighted by atomic mass is 16.6. The molecule has 2 amide bonds. The van der Waals surface area contributed by atoms with Crippen molar-refractivity contribution in [2.75, 3.05) is 13.1 Å². The molecule has 0 aliphatic carbocycles. The number of nitro benzene ring substituents is 1. The van der Waals surface area contributed by atoms with E-state index < -0.39 is 10.5 Å². The van der Waals surface area contributed by atoms with E-state index in [0.717, 1.165) is 5.56 Å². The zero-order valence-electron chi connectivity index (χ0n) is 20.8. The Labute approximate surface area is 211 Å². The maximum atomic E-state index is 13.4. The van der Waals surface area contributed by atoms with E-state index in [9.17, 15) is 19.7 Å². The molecule has 2 aromatic carbocycles. The predicted octanol–water partition coefficient (Wildman–Crippen LogP) is 5.10. The van der Waals surface area contributed by atoms with Crippen LogP contribution >= 0.6 is 0 Å². The lowest BCUT2D eigenvalue weighted by Crippen LogP contribution is -2.50. The first-order chi connectivity index (χ1) is 17.1. The minimum atomic E-state index is -0.609. The van der Waals surface area contributed by atoms with Gasteiger partial charge in [-0.1, -0.05) is 30.3 Å². The number of rotatable bonds is 10. The molecule has 188 valence electrons. The van der Waals surface area contributed by atoms with Crippen LogP contribution in [-0.2, 0) is 22.6 Å². The van der Waals surface area contributed by atoms with Gasteiger partial charge in [-0.2, -0.15) is 0 Å². The molecule has 0 N–H and O–H groups in total. The molecule has 0 radical (unpaired) electrons. The van der Waals surface area contributed by atoms with Gasteiger partial charge in [0, 0.05) is 30.3 Å². The summed E-state index contributed by atoms with van der Waals surface area (Å²) >= 11 is 0. The average molecular weight is 490 g/mol. The van der Waals surface area contributed by atoms with Gasteiger partial charge in [0.25, 0.3) is 5.69 Å². The van der Waals surface area contributed by atoms with Crippen LogP contribution in [-0.4, -0.2) is 45.2 Å². The standard InChI is InChI=1S/C28H31N3O5/c1-28(2,3)30(26(32)16-13-23-11-14-24(15-12-23)31(34)35)21-27(33)29(20-25-10-7-19-36-25)18-17-22-8-5-4-6-9-22/h4-16,19H,17-18,20-21H2,1-3H3/b16-13+. The van der Waals surface area contributed by atoms with E-state index in [4.69, 9.17) is 4.42 Å². The summed E-state index contributed by atoms with van der Waals surface area (Å²) in [5, 5.41) is 10.8. The second-order valence-corrected chi connectivity index (χ2v) is 9.41. The number of carbonyl (C=O) groups excluding carboxylic acids is 2. The first-order valence-electron chi connectivity index (χ1n) is 11.7. The number of hydrogen-bond donors (Lipinski definition) is 0. The molecule has 8 heteroatoms. The molecule has 3 rings (SSSR count). The summed E-state index contributed by atoms with van der Waals surface area (Å²) in [5.74, 6) is 0.160. The molecule has 0 saturated carbocycles. The van der Waals surface area contributed by atoms with Crippen molar-refractivity contribution in [2.24, 2.45) is 0 Å². The van der Waals surface area contributed by atoms with Crippen molar-refractivity contribution in [3.05, 3.63) is 106 Å². The number of carbonyl (C=O) groups is 2. The lowest BCUT2D eigenvalue weighted by molar-refractivity contribution is -0.384. The zero-order chi connectivity index (χ0) is 26.1. The van der Waals surface area contributed by atoms with E-state index in [1.165, 1.54) is 23.1 Å². The van der Waals surface area contributed by atoms with Gasteiger partial charge < -0.3 is 14.2 Å². The molecule has 0 aliphatic heterocycles. The normalized spacial score (nSPS) is 11.4. The van der Waals surface area contributed by atoms with Crippen LogP contribution in [0.15, 0.2) is 83.5 Å². The minimum Gasteiger partial charge on any atom is -0.467 e. The van der Waals surface area contributed by atoms with E-state index in [2.05, 4.69) is 0 Å². The molecule has 0 bridgehead atoms. The van der Waals surface area contributed by atoms with Gasteiger partial charge >= 0.3 is 0 Å². The Hall–Kier alpha value is -4.20. The topological polar surface area (TPSA) is 96.9 Å². The summed E-state index contributed by atoms with van der Waals surface area (Å²) in [6.07, 6.45) is 5.23. The second-order valence-electron chi connectivity index (χ2n) is 9.41. The van der Waals surface area contributed by atoms with Crippen molar-refractivity contribution < 1.29 is 18.9 Å². The van der Waals surface area contributed by atoms with Crippen molar-refractivity contribution in [3.63, 3.8) is 0 Å². The van der Waals surface area contributed by atoms with Crippen LogP contribution in [0.4, 0.5) is 5.69 Å². The maximum Gasteiger partial charge on any atom is 0.269 e. The Kier molecular flexibility index (Phi) is 8.78. The summed E-state index contributed by atoms with van der Waals surface area (Å²) in [4.78, 5) is 40.2. The molecule has 0 atom stereocenters. The van der Waals surface area contributed by atoms with Crippen LogP contribution in [0.5, 0.6) is 0 Å². The molecular weight excluding hydrogens is 458 g/mol. The van der Waals surface area contributed by atoms with Crippen molar-refractivity contribution in [3.8, 4) is 0 Å². The van der Waals surface area contributed by atoms with Gasteiger partial charge in [0.2, 0.25) is 11.8 Å². The van der Waals surface area contributed by atoms with E-state index in [1.807, 2.05) is 57.2 Å². The zero-order valence-corrected chi connectivity index (χ0v) is 20.8. The van der Waals surface area contributed by atoms with E-state index in [-0.39, 0.29) is 24.0 Å². The fraction of sp³-hybridized carbons (Fsp3) is 0.286.